The predicted octanol–water partition coefficient (Wildman–Crippen LogP) is 4.86. The number of hydrogen-bond acceptors (Lipinski definition) is 3. The van der Waals surface area contributed by atoms with Crippen molar-refractivity contribution >= 4 is 10.8 Å². The van der Waals surface area contributed by atoms with Crippen LogP contribution in [0.15, 0.2) is 16.9 Å². The molecule has 0 aliphatic rings. The molecule has 23 heavy (non-hydrogen) atoms. The number of aryl methyl sites for hydroxylation is 2. The van der Waals surface area contributed by atoms with E-state index in [-0.39, 0.29) is 5.56 Å². The fourth-order valence-electron chi connectivity index (χ4n) is 2.31. The molecular weight excluding hydrogens is 290 g/mol. The van der Waals surface area contributed by atoms with Crippen LogP contribution in [0.5, 0.6) is 11.5 Å². The molecule has 0 fully saturated rings. The van der Waals surface area contributed by atoms with Crippen LogP contribution in [-0.4, -0.2) is 19.2 Å². The number of hydrogen-bond donors (Lipinski definition) is 1. The van der Waals surface area contributed by atoms with Crippen molar-refractivity contribution < 1.29 is 9.47 Å². The fraction of sp³-hybridized carbons (Fsp3) is 0.526. The van der Waals surface area contributed by atoms with Crippen molar-refractivity contribution in [2.45, 2.75) is 54.4 Å². The van der Waals surface area contributed by atoms with E-state index in [4.69, 9.17) is 9.47 Å². The first kappa shape index (κ1) is 21.0. The summed E-state index contributed by atoms with van der Waals surface area (Å²) < 4.78 is 10.6. The van der Waals surface area contributed by atoms with E-state index in [1.54, 1.807) is 14.2 Å². The molecule has 1 aromatic carbocycles. The minimum atomic E-state index is -0.0387. The number of methoxy groups -OCH3 is 2. The Labute approximate surface area is 139 Å². The molecule has 2 rings (SSSR count). The zero-order valence-corrected chi connectivity index (χ0v) is 15.8. The largest absolute Gasteiger partial charge is 0.493 e. The average Bonchev–Trinajstić information content (AvgIpc) is 2.62. The number of aromatic nitrogens is 1. The quantitative estimate of drug-likeness (QED) is 0.875. The summed E-state index contributed by atoms with van der Waals surface area (Å²) in [4.78, 5) is 14.9. The van der Waals surface area contributed by atoms with Gasteiger partial charge in [0.25, 0.3) is 5.56 Å². The monoisotopic (exact) mass is 321 g/mol. The highest BCUT2D eigenvalue weighted by Crippen LogP contribution is 2.33. The Kier molecular flexibility index (Phi) is 9.79. The number of rotatable bonds is 4. The summed E-state index contributed by atoms with van der Waals surface area (Å²) in [6.45, 7) is 11.9. The van der Waals surface area contributed by atoms with Gasteiger partial charge >= 0.3 is 0 Å². The second kappa shape index (κ2) is 10.7. The van der Waals surface area contributed by atoms with Gasteiger partial charge in [0.05, 0.1) is 14.2 Å². The van der Waals surface area contributed by atoms with Gasteiger partial charge in [0.15, 0.2) is 11.5 Å². The number of pyridine rings is 1. The van der Waals surface area contributed by atoms with E-state index >= 15 is 0 Å². The van der Waals surface area contributed by atoms with E-state index in [1.165, 1.54) is 0 Å². The smallest absolute Gasteiger partial charge is 0.251 e. The lowest BCUT2D eigenvalue weighted by Gasteiger charge is -2.13. The lowest BCUT2D eigenvalue weighted by atomic mass is 10.0. The lowest BCUT2D eigenvalue weighted by molar-refractivity contribution is 0.356. The Balaban J connectivity index is 0.00000112. The first-order valence-electron chi connectivity index (χ1n) is 8.39. The topological polar surface area (TPSA) is 51.3 Å². The molecule has 0 radical (unpaired) electrons. The zero-order chi connectivity index (χ0) is 18.0. The van der Waals surface area contributed by atoms with Gasteiger partial charge in [-0.1, -0.05) is 41.0 Å². The van der Waals surface area contributed by atoms with Crippen LogP contribution in [0.4, 0.5) is 0 Å². The van der Waals surface area contributed by atoms with E-state index < -0.39 is 0 Å². The van der Waals surface area contributed by atoms with Crippen molar-refractivity contribution in [3.8, 4) is 11.5 Å². The van der Waals surface area contributed by atoms with Gasteiger partial charge < -0.3 is 14.5 Å². The number of nitrogens with one attached hydrogen (secondary N) is 1. The summed E-state index contributed by atoms with van der Waals surface area (Å²) in [5, 5.41) is 1.95. The molecule has 130 valence electrons. The van der Waals surface area contributed by atoms with E-state index in [0.717, 1.165) is 29.3 Å². The Bertz CT molecular complexity index is 660. The third kappa shape index (κ3) is 4.75. The van der Waals surface area contributed by atoms with Gasteiger partial charge in [-0.25, -0.2) is 0 Å². The minimum Gasteiger partial charge on any atom is -0.493 e. The van der Waals surface area contributed by atoms with E-state index in [0.29, 0.717) is 17.1 Å². The van der Waals surface area contributed by atoms with Gasteiger partial charge in [0, 0.05) is 16.6 Å². The summed E-state index contributed by atoms with van der Waals surface area (Å²) in [7, 11) is 3.21. The highest BCUT2D eigenvalue weighted by Gasteiger charge is 2.12. The summed E-state index contributed by atoms with van der Waals surface area (Å²) in [6, 6.07) is 3.81. The number of aromatic amines is 1. The highest BCUT2D eigenvalue weighted by atomic mass is 16.5. The Morgan fingerprint density at radius 3 is 1.87 bits per heavy atom. The molecule has 4 heteroatoms. The summed E-state index contributed by atoms with van der Waals surface area (Å²) in [6.07, 6.45) is 1.81. The number of benzene rings is 1. The second-order valence-electron chi connectivity index (χ2n) is 4.56. The average molecular weight is 321 g/mol. The Morgan fingerprint density at radius 1 is 0.957 bits per heavy atom. The molecule has 0 aliphatic carbocycles. The first-order valence-corrected chi connectivity index (χ1v) is 8.39. The van der Waals surface area contributed by atoms with Crippen LogP contribution < -0.4 is 15.0 Å². The van der Waals surface area contributed by atoms with Gasteiger partial charge in [-0.05, 0) is 30.9 Å². The summed E-state index contributed by atoms with van der Waals surface area (Å²) in [5.41, 5.74) is 1.62. The molecule has 0 spiro atoms. The maximum absolute atomic E-state index is 12.0. The maximum atomic E-state index is 12.0. The van der Waals surface area contributed by atoms with Crippen LogP contribution in [-0.2, 0) is 6.42 Å². The molecule has 0 atom stereocenters. The molecule has 0 unspecified atom stereocenters. The summed E-state index contributed by atoms with van der Waals surface area (Å²) in [5.74, 6) is 1.32. The van der Waals surface area contributed by atoms with Crippen LogP contribution in [0.3, 0.4) is 0 Å². The van der Waals surface area contributed by atoms with Gasteiger partial charge in [0.2, 0.25) is 0 Å². The van der Waals surface area contributed by atoms with Gasteiger partial charge in [0.1, 0.15) is 0 Å². The first-order chi connectivity index (χ1) is 11.1. The third-order valence-electron chi connectivity index (χ3n) is 3.36. The van der Waals surface area contributed by atoms with E-state index in [2.05, 4.69) is 11.9 Å². The normalized spacial score (nSPS) is 9.39. The summed E-state index contributed by atoms with van der Waals surface area (Å²) >= 11 is 0. The van der Waals surface area contributed by atoms with E-state index in [1.807, 2.05) is 46.8 Å². The molecule has 1 aromatic heterocycles. The van der Waals surface area contributed by atoms with Crippen LogP contribution >= 0.6 is 0 Å². The predicted molar refractivity (Wildman–Crippen MR) is 99.1 cm³/mol. The second-order valence-corrected chi connectivity index (χ2v) is 4.56. The number of H-pyrrole nitrogens is 1. The molecule has 4 nitrogen and oxygen atoms in total. The van der Waals surface area contributed by atoms with Gasteiger partial charge in [-0.3, -0.25) is 4.79 Å². The van der Waals surface area contributed by atoms with Crippen LogP contribution in [0.25, 0.3) is 10.8 Å². The molecule has 0 bridgehead atoms. The molecule has 1 heterocycles. The molecule has 0 aliphatic heterocycles. The van der Waals surface area contributed by atoms with Crippen LogP contribution in [0.1, 0.15) is 52.3 Å². The maximum Gasteiger partial charge on any atom is 0.251 e. The minimum absolute atomic E-state index is 0.0387. The van der Waals surface area contributed by atoms with Crippen molar-refractivity contribution in [2.75, 3.05) is 14.2 Å². The van der Waals surface area contributed by atoms with Crippen molar-refractivity contribution in [3.63, 3.8) is 0 Å². The number of ether oxygens (including phenoxy) is 2. The van der Waals surface area contributed by atoms with Crippen molar-refractivity contribution in [2.24, 2.45) is 0 Å². The fourth-order valence-corrected chi connectivity index (χ4v) is 2.31. The molecule has 0 saturated heterocycles. The molecule has 2 aromatic rings. The number of fused-ring (bicyclic) bond motifs is 1. The van der Waals surface area contributed by atoms with Crippen LogP contribution in [0.2, 0.25) is 0 Å². The Morgan fingerprint density at radius 2 is 1.43 bits per heavy atom. The molecule has 1 N–H and O–H groups in total. The van der Waals surface area contributed by atoms with Gasteiger partial charge in [-0.2, -0.15) is 0 Å². The van der Waals surface area contributed by atoms with Crippen molar-refractivity contribution in [3.05, 3.63) is 33.7 Å². The molecule has 0 saturated carbocycles. The van der Waals surface area contributed by atoms with Crippen molar-refractivity contribution in [1.29, 1.82) is 0 Å². The zero-order valence-electron chi connectivity index (χ0n) is 15.8. The van der Waals surface area contributed by atoms with E-state index in [9.17, 15) is 4.79 Å². The SMILES string of the molecule is CC.CC.CCCc1[nH]c(=O)c(C)c2cc(OC)c(OC)cc12. The van der Waals surface area contributed by atoms with Crippen molar-refractivity contribution in [1.82, 2.24) is 4.98 Å². The standard InChI is InChI=1S/C15H19NO3.2C2H6/c1-5-6-12-11-8-14(19-4)13(18-3)7-10(11)9(2)15(17)16-12;2*1-2/h7-8H,5-6H2,1-4H3,(H,16,17);2*1-2H3. The lowest BCUT2D eigenvalue weighted by Crippen LogP contribution is -2.13. The molecular formula is C19H31NO3. The van der Waals surface area contributed by atoms with Gasteiger partial charge in [-0.15, -0.1) is 0 Å². The van der Waals surface area contributed by atoms with Crippen LogP contribution in [0, 0.1) is 6.92 Å². The third-order valence-corrected chi connectivity index (χ3v) is 3.36. The Hall–Kier alpha value is -1.97. The molecule has 0 amide bonds. The highest BCUT2D eigenvalue weighted by molar-refractivity contribution is 5.90.